The number of aromatic nitrogens is 3. The average Bonchev–Trinajstić information content (AvgIpc) is 3.30. The molecule has 2 aromatic carbocycles. The summed E-state index contributed by atoms with van der Waals surface area (Å²) in [5.74, 6) is -0.0615. The fraction of sp³-hybridized carbons (Fsp3) is 0.222. The van der Waals surface area contributed by atoms with E-state index in [1.807, 2.05) is 12.1 Å². The number of rotatable bonds is 10. The first-order valence-electron chi connectivity index (χ1n) is 12.4. The number of carbonyl (C=O) groups excluding carboxylic acids is 3. The lowest BCUT2D eigenvalue weighted by atomic mass is 10.2. The number of hydrogen-bond donors (Lipinski definition) is 5. The molecule has 1 aliphatic rings. The summed E-state index contributed by atoms with van der Waals surface area (Å²) < 4.78 is 1.54. The van der Waals surface area contributed by atoms with Crippen LogP contribution >= 0.6 is 0 Å². The van der Waals surface area contributed by atoms with Gasteiger partial charge in [0.05, 0.1) is 11.6 Å². The standard InChI is InChI=1S/C27H28N8O3/c36-25(29-11-12-30-26(37)18-5-2-1-3-6-18)17-35-16-19-13-20(9-10-22(19)34-35)32-27(38)23-7-4-8-24(33-23)31-21-14-28-15-21/h1-10,13,16,21,28H,11-12,14-15,17H2,(H,29,36)(H,30,37)(H,31,33)(H,32,38). The SMILES string of the molecule is O=C(Cn1cc2cc(NC(=O)c3cccc(NC4CNC4)n3)ccc2n1)NCCNC(=O)c1ccccc1. The molecule has 0 atom stereocenters. The van der Waals surface area contributed by atoms with Crippen molar-refractivity contribution < 1.29 is 14.4 Å². The van der Waals surface area contributed by atoms with Gasteiger partial charge in [0.15, 0.2) is 0 Å². The van der Waals surface area contributed by atoms with E-state index in [0.29, 0.717) is 47.4 Å². The summed E-state index contributed by atoms with van der Waals surface area (Å²) in [5.41, 5.74) is 2.18. The Hall–Kier alpha value is -4.77. The Labute approximate surface area is 219 Å². The van der Waals surface area contributed by atoms with Crippen molar-refractivity contribution >= 4 is 40.1 Å². The van der Waals surface area contributed by atoms with Gasteiger partial charge in [-0.05, 0) is 42.5 Å². The van der Waals surface area contributed by atoms with Crippen molar-refractivity contribution in [1.29, 1.82) is 0 Å². The highest BCUT2D eigenvalue weighted by atomic mass is 16.2. The predicted octanol–water partition coefficient (Wildman–Crippen LogP) is 1.61. The van der Waals surface area contributed by atoms with Crippen LogP contribution in [0.3, 0.4) is 0 Å². The number of pyridine rings is 1. The van der Waals surface area contributed by atoms with Gasteiger partial charge in [0, 0.05) is 49.0 Å². The molecule has 2 aromatic heterocycles. The molecule has 0 saturated carbocycles. The molecule has 3 heterocycles. The van der Waals surface area contributed by atoms with Crippen molar-refractivity contribution in [1.82, 2.24) is 30.7 Å². The summed E-state index contributed by atoms with van der Waals surface area (Å²) >= 11 is 0. The molecule has 38 heavy (non-hydrogen) atoms. The molecule has 1 fully saturated rings. The Balaban J connectivity index is 1.12. The van der Waals surface area contributed by atoms with Crippen LogP contribution in [0.4, 0.5) is 11.5 Å². The molecule has 3 amide bonds. The van der Waals surface area contributed by atoms with Crippen molar-refractivity contribution in [3.05, 3.63) is 84.2 Å². The summed E-state index contributed by atoms with van der Waals surface area (Å²) in [4.78, 5) is 41.5. The molecule has 0 bridgehead atoms. The van der Waals surface area contributed by atoms with E-state index >= 15 is 0 Å². The van der Waals surface area contributed by atoms with Gasteiger partial charge in [0.25, 0.3) is 11.8 Å². The van der Waals surface area contributed by atoms with Gasteiger partial charge >= 0.3 is 0 Å². The van der Waals surface area contributed by atoms with Gasteiger partial charge < -0.3 is 26.6 Å². The maximum Gasteiger partial charge on any atom is 0.274 e. The zero-order chi connectivity index (χ0) is 26.3. The Morgan fingerprint density at radius 3 is 2.53 bits per heavy atom. The predicted molar refractivity (Wildman–Crippen MR) is 144 cm³/mol. The molecule has 1 aliphatic heterocycles. The number of carbonyl (C=O) groups is 3. The first kappa shape index (κ1) is 24.9. The van der Waals surface area contributed by atoms with E-state index in [4.69, 9.17) is 0 Å². The van der Waals surface area contributed by atoms with E-state index in [9.17, 15) is 14.4 Å². The van der Waals surface area contributed by atoms with Crippen LogP contribution < -0.4 is 26.6 Å². The lowest BCUT2D eigenvalue weighted by molar-refractivity contribution is -0.121. The zero-order valence-corrected chi connectivity index (χ0v) is 20.6. The highest BCUT2D eigenvalue weighted by Gasteiger charge is 2.17. The maximum atomic E-state index is 12.8. The topological polar surface area (TPSA) is 142 Å². The first-order valence-corrected chi connectivity index (χ1v) is 12.4. The van der Waals surface area contributed by atoms with Crippen LogP contribution in [0, 0.1) is 0 Å². The van der Waals surface area contributed by atoms with Gasteiger partial charge in [-0.25, -0.2) is 4.98 Å². The van der Waals surface area contributed by atoms with Crippen LogP contribution in [0.25, 0.3) is 10.9 Å². The van der Waals surface area contributed by atoms with E-state index in [1.54, 1.807) is 65.5 Å². The largest absolute Gasteiger partial charge is 0.365 e. The number of anilines is 2. The molecule has 0 aliphatic carbocycles. The fourth-order valence-electron chi connectivity index (χ4n) is 3.94. The number of hydrogen-bond acceptors (Lipinski definition) is 7. The molecule has 11 heteroatoms. The quantitative estimate of drug-likeness (QED) is 0.203. The maximum absolute atomic E-state index is 12.8. The molecule has 1 saturated heterocycles. The van der Waals surface area contributed by atoms with Gasteiger partial charge in [-0.1, -0.05) is 24.3 Å². The lowest BCUT2D eigenvalue weighted by Crippen LogP contribution is -2.51. The van der Waals surface area contributed by atoms with Crippen molar-refractivity contribution in [2.45, 2.75) is 12.6 Å². The summed E-state index contributed by atoms with van der Waals surface area (Å²) in [5, 5.41) is 20.1. The Kier molecular flexibility index (Phi) is 7.55. The lowest BCUT2D eigenvalue weighted by Gasteiger charge is -2.28. The molecule has 0 spiro atoms. The molecule has 5 N–H and O–H groups in total. The first-order chi connectivity index (χ1) is 18.5. The fourth-order valence-corrected chi connectivity index (χ4v) is 3.94. The highest BCUT2D eigenvalue weighted by molar-refractivity contribution is 6.04. The smallest absolute Gasteiger partial charge is 0.274 e. The summed E-state index contributed by atoms with van der Waals surface area (Å²) in [6, 6.07) is 19.9. The van der Waals surface area contributed by atoms with Crippen molar-refractivity contribution in [3.8, 4) is 0 Å². The summed E-state index contributed by atoms with van der Waals surface area (Å²) in [6.45, 7) is 2.40. The van der Waals surface area contributed by atoms with E-state index in [0.717, 1.165) is 18.5 Å². The van der Waals surface area contributed by atoms with Gasteiger partial charge in [0.1, 0.15) is 18.1 Å². The summed E-state index contributed by atoms with van der Waals surface area (Å²) in [7, 11) is 0. The van der Waals surface area contributed by atoms with Crippen molar-refractivity contribution in [2.24, 2.45) is 0 Å². The molecule has 194 valence electrons. The minimum Gasteiger partial charge on any atom is -0.365 e. The van der Waals surface area contributed by atoms with E-state index in [1.165, 1.54) is 0 Å². The summed E-state index contributed by atoms with van der Waals surface area (Å²) in [6.07, 6.45) is 1.75. The Bertz CT molecular complexity index is 1450. The molecular formula is C27H28N8O3. The van der Waals surface area contributed by atoms with Gasteiger partial charge in [-0.2, -0.15) is 5.10 Å². The number of nitrogens with one attached hydrogen (secondary N) is 5. The van der Waals surface area contributed by atoms with E-state index in [-0.39, 0.29) is 24.3 Å². The van der Waals surface area contributed by atoms with Crippen molar-refractivity contribution in [3.63, 3.8) is 0 Å². The molecule has 0 radical (unpaired) electrons. The van der Waals surface area contributed by atoms with E-state index in [2.05, 4.69) is 36.7 Å². The Morgan fingerprint density at radius 1 is 0.921 bits per heavy atom. The van der Waals surface area contributed by atoms with Crippen LogP contribution in [0.2, 0.25) is 0 Å². The number of amides is 3. The number of fused-ring (bicyclic) bond motifs is 1. The second kappa shape index (κ2) is 11.5. The third kappa shape index (κ3) is 6.31. The third-order valence-electron chi connectivity index (χ3n) is 6.00. The second-order valence-electron chi connectivity index (χ2n) is 8.93. The van der Waals surface area contributed by atoms with Crippen LogP contribution in [0.5, 0.6) is 0 Å². The monoisotopic (exact) mass is 512 g/mol. The molecular weight excluding hydrogens is 484 g/mol. The third-order valence-corrected chi connectivity index (χ3v) is 6.00. The molecule has 11 nitrogen and oxygen atoms in total. The van der Waals surface area contributed by atoms with Crippen LogP contribution in [-0.4, -0.2) is 64.7 Å². The minimum atomic E-state index is -0.314. The van der Waals surface area contributed by atoms with Gasteiger partial charge in [-0.15, -0.1) is 0 Å². The van der Waals surface area contributed by atoms with Gasteiger partial charge in [-0.3, -0.25) is 19.1 Å². The van der Waals surface area contributed by atoms with Gasteiger partial charge in [0.2, 0.25) is 5.91 Å². The molecule has 5 rings (SSSR count). The minimum absolute atomic E-state index is 0.0310. The molecule has 4 aromatic rings. The van der Waals surface area contributed by atoms with Crippen molar-refractivity contribution in [2.75, 3.05) is 36.8 Å². The van der Waals surface area contributed by atoms with Crippen LogP contribution in [0.15, 0.2) is 72.9 Å². The number of benzene rings is 2. The van der Waals surface area contributed by atoms with Crippen LogP contribution in [0.1, 0.15) is 20.8 Å². The highest BCUT2D eigenvalue weighted by Crippen LogP contribution is 2.19. The van der Waals surface area contributed by atoms with E-state index < -0.39 is 0 Å². The Morgan fingerprint density at radius 2 is 1.74 bits per heavy atom. The average molecular weight is 513 g/mol. The normalized spacial score (nSPS) is 12.9. The second-order valence-corrected chi connectivity index (χ2v) is 8.93. The van der Waals surface area contributed by atoms with Crippen LogP contribution in [-0.2, 0) is 11.3 Å². The zero-order valence-electron chi connectivity index (χ0n) is 20.6. The molecule has 0 unspecified atom stereocenters. The number of nitrogens with zero attached hydrogens (tertiary/aromatic N) is 3.